The molecule has 20 heavy (non-hydrogen) atoms. The van der Waals surface area contributed by atoms with E-state index in [9.17, 15) is 18.0 Å². The third kappa shape index (κ3) is 2.82. The van der Waals surface area contributed by atoms with Crippen molar-refractivity contribution < 1.29 is 23.1 Å². The highest BCUT2D eigenvalue weighted by Crippen LogP contribution is 2.23. The van der Waals surface area contributed by atoms with Crippen LogP contribution in [0.25, 0.3) is 0 Å². The van der Waals surface area contributed by atoms with Gasteiger partial charge in [-0.15, -0.1) is 0 Å². The Bertz CT molecular complexity index is 649. The maximum atomic E-state index is 12.4. The van der Waals surface area contributed by atoms with Gasteiger partial charge in [0, 0.05) is 14.1 Å². The Morgan fingerprint density at radius 2 is 1.80 bits per heavy atom. The van der Waals surface area contributed by atoms with E-state index in [0.717, 1.165) is 0 Å². The maximum absolute atomic E-state index is 12.4. The number of carbonyl (C=O) groups is 2. The number of carboxylic acid groups (broad SMARTS) is 1. The van der Waals surface area contributed by atoms with Gasteiger partial charge in [-0.2, -0.15) is 0 Å². The number of carbonyl (C=O) groups excluding carboxylic acids is 1. The number of amides is 1. The number of rotatable bonds is 4. The molecule has 0 radical (unpaired) electrons. The lowest BCUT2D eigenvalue weighted by atomic mass is 10.1. The van der Waals surface area contributed by atoms with Gasteiger partial charge in [0.1, 0.15) is 5.25 Å². The smallest absolute Gasteiger partial charge is 0.335 e. The van der Waals surface area contributed by atoms with E-state index in [-0.39, 0.29) is 16.0 Å². The van der Waals surface area contributed by atoms with Crippen LogP contribution in [0.5, 0.6) is 0 Å². The van der Waals surface area contributed by atoms with E-state index in [1.54, 1.807) is 0 Å². The summed E-state index contributed by atoms with van der Waals surface area (Å²) in [6, 6.07) is 4.00. The number of aromatic carboxylic acids is 1. The maximum Gasteiger partial charge on any atom is 0.335 e. The van der Waals surface area contributed by atoms with E-state index in [1.165, 1.54) is 51.0 Å². The highest BCUT2D eigenvalue weighted by atomic mass is 32.2. The summed E-state index contributed by atoms with van der Waals surface area (Å²) < 4.78 is 24.9. The van der Waals surface area contributed by atoms with Gasteiger partial charge < -0.3 is 10.0 Å². The van der Waals surface area contributed by atoms with Crippen LogP contribution in [0.15, 0.2) is 23.1 Å². The molecule has 1 aromatic rings. The molecule has 0 bridgehead atoms. The summed E-state index contributed by atoms with van der Waals surface area (Å²) >= 11 is 0. The molecule has 0 aliphatic carbocycles. The first-order chi connectivity index (χ1) is 9.10. The number of nitrogens with zero attached hydrogens (tertiary/aromatic N) is 1. The fourth-order valence-electron chi connectivity index (χ4n) is 1.84. The van der Waals surface area contributed by atoms with E-state index >= 15 is 0 Å². The van der Waals surface area contributed by atoms with Crippen LogP contribution in [0.2, 0.25) is 0 Å². The van der Waals surface area contributed by atoms with Gasteiger partial charge in [0.25, 0.3) is 0 Å². The summed E-state index contributed by atoms with van der Waals surface area (Å²) in [6.45, 7) is 2.72. The molecule has 1 unspecified atom stereocenters. The van der Waals surface area contributed by atoms with Crippen molar-refractivity contribution in [3.05, 3.63) is 29.3 Å². The Balaban J connectivity index is 3.41. The zero-order valence-corrected chi connectivity index (χ0v) is 12.6. The summed E-state index contributed by atoms with van der Waals surface area (Å²) in [5, 5.41) is 7.76. The zero-order chi connectivity index (χ0) is 15.7. The SMILES string of the molecule is Cc1c(C(=O)O)cccc1S(=O)(=O)C(C)C(=O)N(C)C. The number of benzene rings is 1. The molecule has 0 heterocycles. The van der Waals surface area contributed by atoms with Crippen LogP contribution in [0.4, 0.5) is 0 Å². The lowest BCUT2D eigenvalue weighted by Crippen LogP contribution is -2.37. The van der Waals surface area contributed by atoms with Gasteiger partial charge >= 0.3 is 5.97 Å². The van der Waals surface area contributed by atoms with Crippen LogP contribution in [-0.2, 0) is 14.6 Å². The van der Waals surface area contributed by atoms with Crippen LogP contribution in [0.1, 0.15) is 22.8 Å². The molecular formula is C13H17NO5S. The fraction of sp³-hybridized carbons (Fsp3) is 0.385. The molecule has 0 aromatic heterocycles. The van der Waals surface area contributed by atoms with Gasteiger partial charge in [-0.3, -0.25) is 4.79 Å². The highest BCUT2D eigenvalue weighted by Gasteiger charge is 2.32. The minimum atomic E-state index is -3.92. The van der Waals surface area contributed by atoms with Gasteiger partial charge in [-0.1, -0.05) is 6.07 Å². The molecule has 0 aliphatic heterocycles. The largest absolute Gasteiger partial charge is 0.478 e. The molecule has 110 valence electrons. The summed E-state index contributed by atoms with van der Waals surface area (Å²) in [5.74, 6) is -1.75. The van der Waals surface area contributed by atoms with Gasteiger partial charge in [-0.25, -0.2) is 13.2 Å². The van der Waals surface area contributed by atoms with Crippen molar-refractivity contribution in [2.75, 3.05) is 14.1 Å². The second-order valence-electron chi connectivity index (χ2n) is 4.65. The Morgan fingerprint density at radius 3 is 2.25 bits per heavy atom. The quantitative estimate of drug-likeness (QED) is 0.893. The third-order valence-electron chi connectivity index (χ3n) is 3.08. The van der Waals surface area contributed by atoms with Crippen molar-refractivity contribution in [3.63, 3.8) is 0 Å². The molecule has 0 spiro atoms. The average Bonchev–Trinajstić information content (AvgIpc) is 2.36. The second kappa shape index (κ2) is 5.62. The van der Waals surface area contributed by atoms with Crippen molar-refractivity contribution in [3.8, 4) is 0 Å². The van der Waals surface area contributed by atoms with Gasteiger partial charge in [0.2, 0.25) is 5.91 Å². The third-order valence-corrected chi connectivity index (χ3v) is 5.26. The van der Waals surface area contributed by atoms with E-state index < -0.39 is 27.0 Å². The average molecular weight is 299 g/mol. The van der Waals surface area contributed by atoms with Crippen LogP contribution in [-0.4, -0.2) is 49.6 Å². The normalized spacial score (nSPS) is 12.8. The first-order valence-corrected chi connectivity index (χ1v) is 7.43. The first-order valence-electron chi connectivity index (χ1n) is 5.88. The molecule has 1 atom stereocenters. The number of hydrogen-bond acceptors (Lipinski definition) is 4. The van der Waals surface area contributed by atoms with Crippen molar-refractivity contribution in [1.82, 2.24) is 4.90 Å². The molecule has 1 aromatic carbocycles. The van der Waals surface area contributed by atoms with Crippen molar-refractivity contribution in [2.45, 2.75) is 24.0 Å². The molecule has 1 amide bonds. The van der Waals surface area contributed by atoms with Gasteiger partial charge in [-0.05, 0) is 31.5 Å². The van der Waals surface area contributed by atoms with Crippen LogP contribution in [0, 0.1) is 6.92 Å². The summed E-state index contributed by atoms with van der Waals surface area (Å²) in [7, 11) is -0.990. The molecule has 7 heteroatoms. The number of sulfone groups is 1. The second-order valence-corrected chi connectivity index (χ2v) is 6.89. The Morgan fingerprint density at radius 1 is 1.25 bits per heavy atom. The molecule has 1 rings (SSSR count). The number of carboxylic acids is 1. The van der Waals surface area contributed by atoms with Crippen molar-refractivity contribution in [1.29, 1.82) is 0 Å². The van der Waals surface area contributed by atoms with Gasteiger partial charge in [0.15, 0.2) is 9.84 Å². The van der Waals surface area contributed by atoms with Crippen molar-refractivity contribution in [2.24, 2.45) is 0 Å². The van der Waals surface area contributed by atoms with Gasteiger partial charge in [0.05, 0.1) is 10.5 Å². The molecule has 0 saturated heterocycles. The molecule has 0 aliphatic rings. The summed E-state index contributed by atoms with van der Waals surface area (Å²) in [5.41, 5.74) is 0.0500. The Hall–Kier alpha value is -1.89. The van der Waals surface area contributed by atoms with Crippen molar-refractivity contribution >= 4 is 21.7 Å². The molecule has 1 N–H and O–H groups in total. The first kappa shape index (κ1) is 16.2. The topological polar surface area (TPSA) is 91.7 Å². The predicted molar refractivity (Wildman–Crippen MR) is 73.5 cm³/mol. The van der Waals surface area contributed by atoms with Crippen LogP contribution < -0.4 is 0 Å². The van der Waals surface area contributed by atoms with Crippen LogP contribution in [0.3, 0.4) is 0 Å². The Labute approximate surface area is 117 Å². The molecule has 0 fully saturated rings. The van der Waals surface area contributed by atoms with Crippen LogP contribution >= 0.6 is 0 Å². The molecular weight excluding hydrogens is 282 g/mol. The minimum absolute atomic E-state index is 0.0874. The standard InChI is InChI=1S/C13H17NO5S/c1-8-10(13(16)17)6-5-7-11(8)20(18,19)9(2)12(15)14(3)4/h5-7,9H,1-4H3,(H,16,17). The summed E-state index contributed by atoms with van der Waals surface area (Å²) in [6.07, 6.45) is 0. The zero-order valence-electron chi connectivity index (χ0n) is 11.7. The van der Waals surface area contributed by atoms with E-state index in [2.05, 4.69) is 0 Å². The van der Waals surface area contributed by atoms with E-state index in [1.807, 2.05) is 0 Å². The lowest BCUT2D eigenvalue weighted by Gasteiger charge is -2.18. The highest BCUT2D eigenvalue weighted by molar-refractivity contribution is 7.92. The number of hydrogen-bond donors (Lipinski definition) is 1. The minimum Gasteiger partial charge on any atom is -0.478 e. The monoisotopic (exact) mass is 299 g/mol. The predicted octanol–water partition coefficient (Wildman–Crippen LogP) is 0.944. The summed E-state index contributed by atoms with van der Waals surface area (Å²) in [4.78, 5) is 23.9. The molecule has 0 saturated carbocycles. The fourth-order valence-corrected chi connectivity index (χ4v) is 3.50. The Kier molecular flexibility index (Phi) is 4.54. The molecule has 6 nitrogen and oxygen atoms in total. The lowest BCUT2D eigenvalue weighted by molar-refractivity contribution is -0.127. The van der Waals surface area contributed by atoms with E-state index in [0.29, 0.717) is 0 Å². The van der Waals surface area contributed by atoms with E-state index in [4.69, 9.17) is 5.11 Å².